The number of amides is 7. The van der Waals surface area contributed by atoms with E-state index in [1.54, 1.807) is 63.8 Å². The average Bonchev–Trinajstić information content (AvgIpc) is 1.55. The van der Waals surface area contributed by atoms with E-state index in [2.05, 4.69) is 55.9 Å². The molecule has 5 aliphatic rings. The third-order valence-corrected chi connectivity index (χ3v) is 19.2. The number of likely N-dealkylation sites (N-methyl/N-ethyl adjacent to an activating group) is 1. The number of carbonyl (C=O) groups excluding carboxylic acids is 8. The maximum Gasteiger partial charge on any atom is 0.410 e. The molecule has 7 amide bonds. The van der Waals surface area contributed by atoms with Crippen LogP contribution in [0.5, 0.6) is 0 Å². The van der Waals surface area contributed by atoms with E-state index in [0.29, 0.717) is 74.8 Å². The van der Waals surface area contributed by atoms with E-state index in [1.165, 1.54) is 29.0 Å². The van der Waals surface area contributed by atoms with Crippen LogP contribution in [0.15, 0.2) is 84.9 Å². The van der Waals surface area contributed by atoms with Crippen molar-refractivity contribution in [3.05, 3.63) is 130 Å². The summed E-state index contributed by atoms with van der Waals surface area (Å²) < 4.78 is 30.9. The Morgan fingerprint density at radius 2 is 1.57 bits per heavy atom. The summed E-state index contributed by atoms with van der Waals surface area (Å²) >= 11 is 0. The summed E-state index contributed by atoms with van der Waals surface area (Å²) in [6, 6.07) is 21.9. The van der Waals surface area contributed by atoms with Crippen molar-refractivity contribution in [2.75, 3.05) is 82.8 Å². The summed E-state index contributed by atoms with van der Waals surface area (Å²) in [6.45, 7) is 26.3. The van der Waals surface area contributed by atoms with Crippen molar-refractivity contribution in [3.63, 3.8) is 0 Å². The van der Waals surface area contributed by atoms with Crippen molar-refractivity contribution >= 4 is 59.4 Å². The van der Waals surface area contributed by atoms with Gasteiger partial charge in [0.25, 0.3) is 6.47 Å². The van der Waals surface area contributed by atoms with E-state index in [9.17, 15) is 33.2 Å². The number of ether oxygens (including phenoxy) is 3. The number of halogens is 1. The van der Waals surface area contributed by atoms with Crippen LogP contribution >= 0.6 is 0 Å². The number of hydrogen-bond donors (Lipinski definition) is 4. The lowest BCUT2D eigenvalue weighted by Crippen LogP contribution is -2.64. The summed E-state index contributed by atoms with van der Waals surface area (Å²) in [4.78, 5) is 124. The average molecular weight is 1300 g/mol. The summed E-state index contributed by atoms with van der Waals surface area (Å²) in [5.74, 6) is -3.02. The number of nitrogens with zero attached hydrogens (tertiary/aromatic N) is 6. The Balaban J connectivity index is 0.932. The molecule has 2 fully saturated rings. The van der Waals surface area contributed by atoms with Crippen LogP contribution < -0.4 is 26.2 Å². The SMILES string of the molecule is C[C@@H]1COCCN1C[C@@H]1CN(CC(C)(C)OC=O)[C@H](C)CN1CC(=O)N1CC(C)(C(=O)NCC(=O)Nc2ccc3c(c2)CN(C(=O)[C@@H](NC(=O)[C@H](C)N(C)C(=O)OC(C)(C)C)C(C)(C)C)[C@H](C(=O)N[C@@H]2CCCc4ccccc42)C3)c2ccc(Cc3ccc(F)cc3)cc21. The van der Waals surface area contributed by atoms with Gasteiger partial charge >= 0.3 is 6.09 Å². The molecular formula is C72H97FN10O11. The molecule has 0 saturated carbocycles. The monoisotopic (exact) mass is 1300 g/mol. The first-order valence-corrected chi connectivity index (χ1v) is 33.1. The maximum absolute atomic E-state index is 15.3. The highest BCUT2D eigenvalue weighted by molar-refractivity contribution is 6.04. The lowest BCUT2D eigenvalue weighted by atomic mass is 9.83. The zero-order valence-corrected chi connectivity index (χ0v) is 57.1. The van der Waals surface area contributed by atoms with Gasteiger partial charge in [0.2, 0.25) is 35.4 Å². The van der Waals surface area contributed by atoms with Crippen molar-refractivity contribution in [1.82, 2.24) is 40.4 Å². The zero-order valence-electron chi connectivity index (χ0n) is 57.1. The van der Waals surface area contributed by atoms with Gasteiger partial charge in [0.15, 0.2) is 0 Å². The van der Waals surface area contributed by atoms with Gasteiger partial charge in [0.1, 0.15) is 35.1 Å². The summed E-state index contributed by atoms with van der Waals surface area (Å²) in [5.41, 5.74) is 3.15. The predicted octanol–water partition coefficient (Wildman–Crippen LogP) is 7.06. The molecule has 21 nitrogen and oxygen atoms in total. The molecule has 508 valence electrons. The number of morpholine rings is 1. The van der Waals surface area contributed by atoms with Crippen LogP contribution in [0.3, 0.4) is 0 Å². The number of piperazine rings is 1. The molecule has 4 aromatic carbocycles. The normalized spacial score (nSPS) is 22.5. The van der Waals surface area contributed by atoms with Gasteiger partial charge in [-0.15, -0.1) is 0 Å². The quantitative estimate of drug-likeness (QED) is 0.0650. The summed E-state index contributed by atoms with van der Waals surface area (Å²) in [6.07, 6.45) is 2.34. The van der Waals surface area contributed by atoms with Crippen molar-refractivity contribution in [2.45, 2.75) is 181 Å². The fourth-order valence-electron chi connectivity index (χ4n) is 13.7. The predicted molar refractivity (Wildman–Crippen MR) is 356 cm³/mol. The van der Waals surface area contributed by atoms with Crippen LogP contribution in [-0.2, 0) is 79.0 Å². The number of rotatable bonds is 20. The van der Waals surface area contributed by atoms with E-state index in [4.69, 9.17) is 14.2 Å². The van der Waals surface area contributed by atoms with E-state index in [1.807, 2.05) is 77.1 Å². The largest absolute Gasteiger partial charge is 0.461 e. The van der Waals surface area contributed by atoms with E-state index < -0.39 is 76.4 Å². The summed E-state index contributed by atoms with van der Waals surface area (Å²) in [5, 5.41) is 12.0. The van der Waals surface area contributed by atoms with Gasteiger partial charge in [-0.2, -0.15) is 0 Å². The molecule has 1 aliphatic carbocycles. The number of carbonyl (C=O) groups is 8. The number of aryl methyl sites for hydroxylation is 1. The Morgan fingerprint density at radius 1 is 0.851 bits per heavy atom. The highest BCUT2D eigenvalue weighted by Crippen LogP contribution is 2.43. The smallest absolute Gasteiger partial charge is 0.410 e. The third kappa shape index (κ3) is 16.8. The molecule has 4 N–H and O–H groups in total. The minimum absolute atomic E-state index is 0.00315. The molecule has 8 atom stereocenters. The molecule has 4 heterocycles. The van der Waals surface area contributed by atoms with Crippen molar-refractivity contribution < 1.29 is 57.0 Å². The number of fused-ring (bicyclic) bond motifs is 3. The van der Waals surface area contributed by atoms with Gasteiger partial charge < -0.3 is 45.3 Å². The van der Waals surface area contributed by atoms with Gasteiger partial charge in [-0.05, 0) is 163 Å². The minimum Gasteiger partial charge on any atom is -0.461 e. The van der Waals surface area contributed by atoms with E-state index in [-0.39, 0.29) is 67.9 Å². The molecule has 0 spiro atoms. The van der Waals surface area contributed by atoms with Crippen molar-refractivity contribution in [3.8, 4) is 0 Å². The molecule has 94 heavy (non-hydrogen) atoms. The summed E-state index contributed by atoms with van der Waals surface area (Å²) in [7, 11) is 1.45. The Labute approximate surface area is 553 Å². The Morgan fingerprint density at radius 3 is 2.28 bits per heavy atom. The van der Waals surface area contributed by atoms with Crippen LogP contribution in [0.25, 0.3) is 0 Å². The second kappa shape index (κ2) is 29.1. The van der Waals surface area contributed by atoms with Crippen LogP contribution in [0.2, 0.25) is 0 Å². The molecule has 4 aliphatic heterocycles. The maximum atomic E-state index is 15.3. The van der Waals surface area contributed by atoms with Gasteiger partial charge in [-0.1, -0.05) is 75.4 Å². The van der Waals surface area contributed by atoms with Crippen LogP contribution in [0.4, 0.5) is 20.6 Å². The van der Waals surface area contributed by atoms with Crippen molar-refractivity contribution in [2.24, 2.45) is 5.41 Å². The van der Waals surface area contributed by atoms with Gasteiger partial charge in [-0.3, -0.25) is 53.2 Å². The molecule has 0 aromatic heterocycles. The van der Waals surface area contributed by atoms with Gasteiger partial charge in [0.05, 0.1) is 37.8 Å². The number of nitrogens with one attached hydrogen (secondary N) is 4. The third-order valence-electron chi connectivity index (χ3n) is 19.2. The fourth-order valence-corrected chi connectivity index (χ4v) is 13.7. The molecular weight excluding hydrogens is 1200 g/mol. The zero-order chi connectivity index (χ0) is 68.2. The fraction of sp³-hybridized carbons (Fsp3) is 0.556. The Hall–Kier alpha value is -7.79. The number of benzene rings is 4. The Bertz CT molecular complexity index is 3460. The topological polar surface area (TPSA) is 232 Å². The standard InChI is InChI=1S/C72H97FN10O11/c1-45-36-80(55(38-79-29-30-92-41-46(79)2)39-81(45)42-71(10,11)93-44-84)40-62(86)83-43-72(12,57-28-23-49(32-59(57)83)31-48-21-25-53(73)26-22-48)67(90)74-35-61(85)75-54-27-24-51-34-60(65(88)76-58-20-16-18-50-17-14-15-19-56(50)58)82(37-52(51)33-54)66(89)63(69(4,5)6)77-64(87)47(3)78(13)68(91)94-70(7,8)9/h14-15,17,19,21-28,32-33,44-47,55,58,60,63H,16,18,20,29-31,34-43H2,1-13H3,(H,74,90)(H,75,85)(H,76,88)(H,77,87)/t45-,46-,47+,55-,58-,60+,63-,72?/m1/s1. The first kappa shape index (κ1) is 70.5. The first-order chi connectivity index (χ1) is 44.3. The highest BCUT2D eigenvalue weighted by Gasteiger charge is 2.49. The Kier molecular flexibility index (Phi) is 21.8. The van der Waals surface area contributed by atoms with E-state index in [0.717, 1.165) is 53.6 Å². The molecule has 2 saturated heterocycles. The van der Waals surface area contributed by atoms with Crippen molar-refractivity contribution in [1.29, 1.82) is 0 Å². The molecule has 9 rings (SSSR count). The molecule has 22 heteroatoms. The second-order valence-corrected chi connectivity index (χ2v) is 29.3. The van der Waals surface area contributed by atoms with Crippen LogP contribution in [-0.4, -0.2) is 193 Å². The van der Waals surface area contributed by atoms with Crippen LogP contribution in [0.1, 0.15) is 141 Å². The second-order valence-electron chi connectivity index (χ2n) is 29.3. The molecule has 0 radical (unpaired) electrons. The van der Waals surface area contributed by atoms with Gasteiger partial charge in [0, 0.05) is 88.8 Å². The molecule has 1 unspecified atom stereocenters. The number of hydrogen-bond acceptors (Lipinski definition) is 14. The number of anilines is 2. The highest BCUT2D eigenvalue weighted by atomic mass is 19.1. The van der Waals surface area contributed by atoms with E-state index >= 15 is 9.59 Å². The molecule has 4 aromatic rings. The minimum atomic E-state index is -1.31. The van der Waals surface area contributed by atoms with Gasteiger partial charge in [-0.25, -0.2) is 9.18 Å². The molecule has 0 bridgehead atoms. The van der Waals surface area contributed by atoms with Crippen LogP contribution in [0, 0.1) is 11.2 Å². The lowest BCUT2D eigenvalue weighted by Gasteiger charge is -2.49. The first-order valence-electron chi connectivity index (χ1n) is 33.1. The lowest BCUT2D eigenvalue weighted by molar-refractivity contribution is -0.147.